The zero-order valence-corrected chi connectivity index (χ0v) is 11.7. The van der Waals surface area contributed by atoms with Crippen molar-refractivity contribution in [1.29, 1.82) is 5.26 Å². The Morgan fingerprint density at radius 2 is 1.95 bits per heavy atom. The molecule has 0 spiro atoms. The minimum absolute atomic E-state index is 0.296. The maximum atomic E-state index is 13.2. The average Bonchev–Trinajstić information content (AvgIpc) is 2.38. The molecule has 0 N–H and O–H groups in total. The molecule has 0 amide bonds. The van der Waals surface area contributed by atoms with E-state index in [9.17, 15) is 4.39 Å². The highest BCUT2D eigenvalue weighted by atomic mass is 32.2. The van der Waals surface area contributed by atoms with E-state index in [0.29, 0.717) is 11.3 Å². The largest absolute Gasteiger partial charge is 0.207 e. The molecule has 0 aliphatic carbocycles. The first-order valence-corrected chi connectivity index (χ1v) is 6.97. The minimum atomic E-state index is -0.296. The highest BCUT2D eigenvalue weighted by molar-refractivity contribution is 7.98. The monoisotopic (exact) mass is 271 g/mol. The van der Waals surface area contributed by atoms with Gasteiger partial charge in [-0.25, -0.2) is 4.39 Å². The molecule has 0 fully saturated rings. The van der Waals surface area contributed by atoms with Crippen LogP contribution in [0.4, 0.5) is 4.39 Å². The predicted octanol–water partition coefficient (Wildman–Crippen LogP) is 4.61. The van der Waals surface area contributed by atoms with E-state index in [1.807, 2.05) is 0 Å². The standard InChI is InChI=1S/C16H14FNS/c1-11-3-6-16(12(2)7-11)19-10-14-8-15(17)5-4-13(14)9-18/h3-8H,10H2,1-2H3. The average molecular weight is 271 g/mol. The molecule has 2 aromatic rings. The van der Waals surface area contributed by atoms with Gasteiger partial charge in [-0.3, -0.25) is 0 Å². The van der Waals surface area contributed by atoms with E-state index in [-0.39, 0.29) is 5.82 Å². The van der Waals surface area contributed by atoms with Crippen LogP contribution in [0.5, 0.6) is 0 Å². The molecule has 2 aromatic carbocycles. The van der Waals surface area contributed by atoms with Crippen LogP contribution >= 0.6 is 11.8 Å². The summed E-state index contributed by atoms with van der Waals surface area (Å²) in [6, 6.07) is 12.7. The normalized spacial score (nSPS) is 10.2. The van der Waals surface area contributed by atoms with Gasteiger partial charge in [-0.2, -0.15) is 5.26 Å². The van der Waals surface area contributed by atoms with Gasteiger partial charge in [0.25, 0.3) is 0 Å². The fourth-order valence-corrected chi connectivity index (χ4v) is 2.91. The predicted molar refractivity (Wildman–Crippen MR) is 76.6 cm³/mol. The van der Waals surface area contributed by atoms with E-state index in [1.54, 1.807) is 11.8 Å². The maximum absolute atomic E-state index is 13.2. The van der Waals surface area contributed by atoms with Gasteiger partial charge < -0.3 is 0 Å². The van der Waals surface area contributed by atoms with Gasteiger partial charge in [-0.1, -0.05) is 17.7 Å². The quantitative estimate of drug-likeness (QED) is 0.761. The molecule has 0 saturated carbocycles. The van der Waals surface area contributed by atoms with Crippen LogP contribution in [-0.4, -0.2) is 0 Å². The summed E-state index contributed by atoms with van der Waals surface area (Å²) in [6.07, 6.45) is 0. The van der Waals surface area contributed by atoms with Gasteiger partial charge in [0.05, 0.1) is 11.6 Å². The van der Waals surface area contributed by atoms with Crippen molar-refractivity contribution < 1.29 is 4.39 Å². The number of hydrogen-bond acceptors (Lipinski definition) is 2. The molecule has 96 valence electrons. The van der Waals surface area contributed by atoms with Crippen molar-refractivity contribution in [2.75, 3.05) is 0 Å². The molecule has 0 aliphatic heterocycles. The van der Waals surface area contributed by atoms with Crippen molar-refractivity contribution in [3.8, 4) is 6.07 Å². The summed E-state index contributed by atoms with van der Waals surface area (Å²) in [7, 11) is 0. The Labute approximate surface area is 117 Å². The fraction of sp³-hybridized carbons (Fsp3) is 0.188. The van der Waals surface area contributed by atoms with Crippen LogP contribution in [0.2, 0.25) is 0 Å². The number of benzene rings is 2. The van der Waals surface area contributed by atoms with E-state index < -0.39 is 0 Å². The van der Waals surface area contributed by atoms with E-state index >= 15 is 0 Å². The van der Waals surface area contributed by atoms with Crippen LogP contribution in [0.1, 0.15) is 22.3 Å². The highest BCUT2D eigenvalue weighted by Gasteiger charge is 2.06. The summed E-state index contributed by atoms with van der Waals surface area (Å²) in [6.45, 7) is 4.12. The third-order valence-corrected chi connectivity index (χ3v) is 4.13. The lowest BCUT2D eigenvalue weighted by molar-refractivity contribution is 0.626. The van der Waals surface area contributed by atoms with Crippen LogP contribution in [0.15, 0.2) is 41.3 Å². The first-order valence-electron chi connectivity index (χ1n) is 5.99. The van der Waals surface area contributed by atoms with Gasteiger partial charge in [0.2, 0.25) is 0 Å². The molecule has 0 aromatic heterocycles. The van der Waals surface area contributed by atoms with Gasteiger partial charge in [0.15, 0.2) is 0 Å². The SMILES string of the molecule is Cc1ccc(SCc2cc(F)ccc2C#N)c(C)c1. The summed E-state index contributed by atoms with van der Waals surface area (Å²) in [5, 5.41) is 9.02. The number of thioether (sulfide) groups is 1. The Morgan fingerprint density at radius 3 is 2.63 bits per heavy atom. The molecule has 0 atom stereocenters. The van der Waals surface area contributed by atoms with E-state index in [1.165, 1.54) is 34.2 Å². The third kappa shape index (κ3) is 3.36. The number of aryl methyl sites for hydroxylation is 2. The van der Waals surface area contributed by atoms with Crippen molar-refractivity contribution in [2.24, 2.45) is 0 Å². The lowest BCUT2D eigenvalue weighted by Gasteiger charge is -2.08. The molecule has 0 radical (unpaired) electrons. The molecule has 3 heteroatoms. The van der Waals surface area contributed by atoms with Gasteiger partial charge >= 0.3 is 0 Å². The van der Waals surface area contributed by atoms with Crippen LogP contribution < -0.4 is 0 Å². The molecular weight excluding hydrogens is 257 g/mol. The first kappa shape index (κ1) is 13.6. The zero-order chi connectivity index (χ0) is 13.8. The van der Waals surface area contributed by atoms with Gasteiger partial charge in [-0.05, 0) is 49.2 Å². The summed E-state index contributed by atoms with van der Waals surface area (Å²) in [4.78, 5) is 1.17. The lowest BCUT2D eigenvalue weighted by atomic mass is 10.1. The Morgan fingerprint density at radius 1 is 1.16 bits per heavy atom. The van der Waals surface area contributed by atoms with Crippen LogP contribution in [0, 0.1) is 31.0 Å². The number of hydrogen-bond donors (Lipinski definition) is 0. The van der Waals surface area contributed by atoms with Gasteiger partial charge in [0.1, 0.15) is 5.82 Å². The Kier molecular flexibility index (Phi) is 4.24. The molecule has 2 rings (SSSR count). The maximum Gasteiger partial charge on any atom is 0.123 e. The summed E-state index contributed by atoms with van der Waals surface area (Å²) in [5.41, 5.74) is 3.72. The third-order valence-electron chi connectivity index (χ3n) is 2.90. The summed E-state index contributed by atoms with van der Waals surface area (Å²) in [5.74, 6) is 0.306. The van der Waals surface area contributed by atoms with Crippen LogP contribution in [0.25, 0.3) is 0 Å². The van der Waals surface area contributed by atoms with E-state index in [0.717, 1.165) is 5.56 Å². The summed E-state index contributed by atoms with van der Waals surface area (Å²) >= 11 is 1.63. The second-order valence-corrected chi connectivity index (χ2v) is 5.49. The second kappa shape index (κ2) is 5.90. The molecule has 19 heavy (non-hydrogen) atoms. The number of nitrogens with zero attached hydrogens (tertiary/aromatic N) is 1. The molecular formula is C16H14FNS. The topological polar surface area (TPSA) is 23.8 Å². The van der Waals surface area contributed by atoms with E-state index in [2.05, 4.69) is 38.1 Å². The van der Waals surface area contributed by atoms with Crippen molar-refractivity contribution >= 4 is 11.8 Å². The number of halogens is 1. The molecule has 0 saturated heterocycles. The Bertz CT molecular complexity index is 644. The molecule has 0 heterocycles. The first-order chi connectivity index (χ1) is 9.10. The zero-order valence-electron chi connectivity index (χ0n) is 10.9. The van der Waals surface area contributed by atoms with Crippen molar-refractivity contribution in [3.63, 3.8) is 0 Å². The van der Waals surface area contributed by atoms with Crippen LogP contribution in [-0.2, 0) is 5.75 Å². The fourth-order valence-electron chi connectivity index (χ4n) is 1.91. The van der Waals surface area contributed by atoms with Crippen LogP contribution in [0.3, 0.4) is 0 Å². The lowest BCUT2D eigenvalue weighted by Crippen LogP contribution is -1.90. The molecule has 1 nitrogen and oxygen atoms in total. The summed E-state index contributed by atoms with van der Waals surface area (Å²) < 4.78 is 13.2. The highest BCUT2D eigenvalue weighted by Crippen LogP contribution is 2.28. The van der Waals surface area contributed by atoms with Gasteiger partial charge in [-0.15, -0.1) is 11.8 Å². The number of rotatable bonds is 3. The van der Waals surface area contributed by atoms with Crippen molar-refractivity contribution in [2.45, 2.75) is 24.5 Å². The smallest absolute Gasteiger partial charge is 0.123 e. The van der Waals surface area contributed by atoms with Crippen molar-refractivity contribution in [3.05, 3.63) is 64.5 Å². The minimum Gasteiger partial charge on any atom is -0.207 e. The Balaban J connectivity index is 2.19. The molecule has 0 bridgehead atoms. The van der Waals surface area contributed by atoms with Crippen molar-refractivity contribution in [1.82, 2.24) is 0 Å². The molecule has 0 aliphatic rings. The Hall–Kier alpha value is -1.79. The van der Waals surface area contributed by atoms with E-state index in [4.69, 9.17) is 5.26 Å². The molecule has 0 unspecified atom stereocenters. The number of nitriles is 1. The second-order valence-electron chi connectivity index (χ2n) is 4.47. The van der Waals surface area contributed by atoms with Gasteiger partial charge in [0, 0.05) is 10.6 Å².